The fourth-order valence-electron chi connectivity index (χ4n) is 2.07. The maximum absolute atomic E-state index is 5.55. The third-order valence-electron chi connectivity index (χ3n) is 2.89. The highest BCUT2D eigenvalue weighted by Gasteiger charge is 2.03. The average molecular weight is 202 g/mol. The quantitative estimate of drug-likeness (QED) is 0.811. The Bertz CT molecular complexity index is 443. The highest BCUT2D eigenvalue weighted by atomic mass is 14.9. The van der Waals surface area contributed by atoms with Crippen molar-refractivity contribution in [1.29, 1.82) is 0 Å². The first kappa shape index (κ1) is 10.2. The number of nitrogens with zero attached hydrogens (tertiary/aromatic N) is 1. The van der Waals surface area contributed by atoms with E-state index in [-0.39, 0.29) is 0 Å². The van der Waals surface area contributed by atoms with Crippen LogP contribution in [0.3, 0.4) is 0 Å². The van der Waals surface area contributed by atoms with Gasteiger partial charge in [-0.1, -0.05) is 12.1 Å². The molecule has 2 nitrogen and oxygen atoms in total. The third kappa shape index (κ3) is 1.90. The molecule has 0 saturated carbocycles. The number of fused-ring (bicyclic) bond motifs is 1. The second-order valence-corrected chi connectivity index (χ2v) is 3.84. The molecule has 0 saturated heterocycles. The van der Waals surface area contributed by atoms with Crippen LogP contribution in [-0.4, -0.2) is 11.1 Å². The third-order valence-corrected chi connectivity index (χ3v) is 2.89. The van der Waals surface area contributed by atoms with E-state index in [2.05, 4.69) is 42.0 Å². The number of hydrogen-bond acceptors (Lipinski definition) is 1. The normalized spacial score (nSPS) is 11.1. The molecular weight excluding hydrogens is 184 g/mol. The van der Waals surface area contributed by atoms with E-state index in [4.69, 9.17) is 5.73 Å². The van der Waals surface area contributed by atoms with Gasteiger partial charge < -0.3 is 10.3 Å². The fourth-order valence-corrected chi connectivity index (χ4v) is 2.07. The van der Waals surface area contributed by atoms with E-state index < -0.39 is 0 Å². The Hall–Kier alpha value is -1.28. The van der Waals surface area contributed by atoms with Gasteiger partial charge in [0.1, 0.15) is 0 Å². The van der Waals surface area contributed by atoms with Gasteiger partial charge in [-0.2, -0.15) is 0 Å². The van der Waals surface area contributed by atoms with Crippen molar-refractivity contribution in [1.82, 2.24) is 4.57 Å². The maximum atomic E-state index is 5.55. The lowest BCUT2D eigenvalue weighted by Gasteiger charge is -2.04. The summed E-state index contributed by atoms with van der Waals surface area (Å²) in [6.07, 6.45) is 4.31. The van der Waals surface area contributed by atoms with E-state index in [1.807, 2.05) is 0 Å². The fraction of sp³-hybridized carbons (Fsp3) is 0.385. The van der Waals surface area contributed by atoms with Crippen molar-refractivity contribution in [2.45, 2.75) is 26.3 Å². The van der Waals surface area contributed by atoms with Crippen molar-refractivity contribution in [3.63, 3.8) is 0 Å². The molecule has 2 aromatic rings. The van der Waals surface area contributed by atoms with Gasteiger partial charge in [-0.25, -0.2) is 0 Å². The highest BCUT2D eigenvalue weighted by Crippen LogP contribution is 2.21. The molecule has 0 fully saturated rings. The Morgan fingerprint density at radius 2 is 2.13 bits per heavy atom. The lowest BCUT2D eigenvalue weighted by Crippen LogP contribution is -2.00. The summed E-state index contributed by atoms with van der Waals surface area (Å²) in [5.74, 6) is 0. The largest absolute Gasteiger partial charge is 0.348 e. The molecule has 2 N–H and O–H groups in total. The first-order chi connectivity index (χ1) is 7.36. The van der Waals surface area contributed by atoms with Crippen LogP contribution in [0.1, 0.15) is 18.9 Å². The molecule has 15 heavy (non-hydrogen) atoms. The molecule has 0 spiro atoms. The van der Waals surface area contributed by atoms with Gasteiger partial charge in [0.2, 0.25) is 0 Å². The monoisotopic (exact) mass is 202 g/mol. The smallest absolute Gasteiger partial charge is 0.0482 e. The number of aromatic nitrogens is 1. The molecule has 80 valence electrons. The molecule has 0 atom stereocenters. The minimum Gasteiger partial charge on any atom is -0.348 e. The molecular formula is C13H18N2. The number of benzene rings is 1. The SMILES string of the molecule is CCn1ccc2c(CCCN)cccc21. The summed E-state index contributed by atoms with van der Waals surface area (Å²) >= 11 is 0. The summed E-state index contributed by atoms with van der Waals surface area (Å²) in [7, 11) is 0. The van der Waals surface area contributed by atoms with E-state index in [0.29, 0.717) is 0 Å². The Kier molecular flexibility index (Phi) is 3.07. The molecule has 2 rings (SSSR count). The van der Waals surface area contributed by atoms with Crippen molar-refractivity contribution in [3.8, 4) is 0 Å². The first-order valence-electron chi connectivity index (χ1n) is 5.63. The average Bonchev–Trinajstić information content (AvgIpc) is 2.69. The van der Waals surface area contributed by atoms with Gasteiger partial charge in [0.25, 0.3) is 0 Å². The number of hydrogen-bond donors (Lipinski definition) is 1. The van der Waals surface area contributed by atoms with Gasteiger partial charge in [-0.3, -0.25) is 0 Å². The predicted octanol–water partition coefficient (Wildman–Crippen LogP) is 2.55. The summed E-state index contributed by atoms with van der Waals surface area (Å²) in [5.41, 5.74) is 8.31. The number of nitrogens with two attached hydrogens (primary N) is 1. The molecule has 0 radical (unpaired) electrons. The van der Waals surface area contributed by atoms with E-state index in [0.717, 1.165) is 25.9 Å². The second-order valence-electron chi connectivity index (χ2n) is 3.84. The molecule has 0 unspecified atom stereocenters. The summed E-state index contributed by atoms with van der Waals surface area (Å²) < 4.78 is 2.28. The van der Waals surface area contributed by atoms with Gasteiger partial charge in [0.05, 0.1) is 0 Å². The zero-order chi connectivity index (χ0) is 10.7. The zero-order valence-corrected chi connectivity index (χ0v) is 9.24. The van der Waals surface area contributed by atoms with Gasteiger partial charge in [0.15, 0.2) is 0 Å². The van der Waals surface area contributed by atoms with Crippen LogP contribution in [0, 0.1) is 0 Å². The van der Waals surface area contributed by atoms with Gasteiger partial charge in [-0.05, 0) is 44.0 Å². The molecule has 1 heterocycles. The highest BCUT2D eigenvalue weighted by molar-refractivity contribution is 5.83. The van der Waals surface area contributed by atoms with Crippen LogP contribution in [0.2, 0.25) is 0 Å². The summed E-state index contributed by atoms with van der Waals surface area (Å²) in [6.45, 7) is 3.97. The Morgan fingerprint density at radius 1 is 1.27 bits per heavy atom. The Balaban J connectivity index is 2.42. The Labute approximate surface area is 90.7 Å². The Morgan fingerprint density at radius 3 is 2.87 bits per heavy atom. The molecule has 0 aliphatic carbocycles. The molecule has 1 aromatic carbocycles. The van der Waals surface area contributed by atoms with E-state index in [9.17, 15) is 0 Å². The van der Waals surface area contributed by atoms with Crippen molar-refractivity contribution < 1.29 is 0 Å². The van der Waals surface area contributed by atoms with Gasteiger partial charge >= 0.3 is 0 Å². The van der Waals surface area contributed by atoms with Crippen molar-refractivity contribution in [3.05, 3.63) is 36.0 Å². The molecule has 0 bridgehead atoms. The van der Waals surface area contributed by atoms with E-state index in [1.165, 1.54) is 16.5 Å². The predicted molar refractivity (Wildman–Crippen MR) is 65.0 cm³/mol. The molecule has 0 aliphatic rings. The first-order valence-corrected chi connectivity index (χ1v) is 5.63. The minimum atomic E-state index is 0.769. The minimum absolute atomic E-state index is 0.769. The van der Waals surface area contributed by atoms with Crippen molar-refractivity contribution in [2.75, 3.05) is 6.54 Å². The molecule has 2 heteroatoms. The van der Waals surface area contributed by atoms with Crippen molar-refractivity contribution >= 4 is 10.9 Å². The second kappa shape index (κ2) is 4.49. The van der Waals surface area contributed by atoms with Crippen LogP contribution in [0.4, 0.5) is 0 Å². The van der Waals surface area contributed by atoms with Gasteiger partial charge in [-0.15, -0.1) is 0 Å². The number of rotatable bonds is 4. The van der Waals surface area contributed by atoms with E-state index >= 15 is 0 Å². The lowest BCUT2D eigenvalue weighted by atomic mass is 10.1. The van der Waals surface area contributed by atoms with Gasteiger partial charge in [0, 0.05) is 23.6 Å². The topological polar surface area (TPSA) is 30.9 Å². The van der Waals surface area contributed by atoms with Crippen LogP contribution >= 0.6 is 0 Å². The van der Waals surface area contributed by atoms with E-state index in [1.54, 1.807) is 0 Å². The maximum Gasteiger partial charge on any atom is 0.0482 e. The van der Waals surface area contributed by atoms with Crippen LogP contribution in [-0.2, 0) is 13.0 Å². The lowest BCUT2D eigenvalue weighted by molar-refractivity contribution is 0.797. The molecule has 1 aromatic heterocycles. The molecule has 0 amide bonds. The van der Waals surface area contributed by atoms with Crippen LogP contribution < -0.4 is 5.73 Å². The van der Waals surface area contributed by atoms with Crippen LogP contribution in [0.5, 0.6) is 0 Å². The summed E-state index contributed by atoms with van der Waals surface area (Å²) in [6, 6.07) is 8.74. The zero-order valence-electron chi connectivity index (χ0n) is 9.24. The van der Waals surface area contributed by atoms with Crippen molar-refractivity contribution in [2.24, 2.45) is 5.73 Å². The number of aryl methyl sites for hydroxylation is 2. The summed E-state index contributed by atoms with van der Waals surface area (Å²) in [4.78, 5) is 0. The standard InChI is InChI=1S/C13H18N2/c1-2-15-10-8-12-11(6-4-9-14)5-3-7-13(12)15/h3,5,7-8,10H,2,4,6,9,14H2,1H3. The molecule has 0 aliphatic heterocycles. The van der Waals surface area contributed by atoms with Crippen LogP contribution in [0.25, 0.3) is 10.9 Å². The summed E-state index contributed by atoms with van der Waals surface area (Å²) in [5, 5.41) is 1.38. The van der Waals surface area contributed by atoms with Crippen LogP contribution in [0.15, 0.2) is 30.5 Å².